The molecule has 0 atom stereocenters. The highest BCUT2D eigenvalue weighted by Crippen LogP contribution is 2.21. The molecular formula is C17H15N5O2. The van der Waals surface area contributed by atoms with Crippen LogP contribution in [0.3, 0.4) is 0 Å². The normalized spacial score (nSPS) is 14.0. The minimum absolute atomic E-state index is 0.102. The molecular weight excluding hydrogens is 306 g/mol. The Balaban J connectivity index is 1.52. The van der Waals surface area contributed by atoms with Crippen molar-refractivity contribution in [3.05, 3.63) is 54.2 Å². The Bertz CT molecular complexity index is 916. The van der Waals surface area contributed by atoms with Crippen LogP contribution in [0.15, 0.2) is 48.5 Å². The second kappa shape index (κ2) is 5.69. The summed E-state index contributed by atoms with van der Waals surface area (Å²) in [6.07, 6.45) is 0. The largest absolute Gasteiger partial charge is 0.336 e. The van der Waals surface area contributed by atoms with Crippen LogP contribution in [0.25, 0.3) is 10.9 Å². The summed E-state index contributed by atoms with van der Waals surface area (Å²) >= 11 is 0. The number of nitrogens with one attached hydrogen (secondary N) is 3. The number of H-pyrrole nitrogens is 1. The molecule has 0 bridgehead atoms. The third kappa shape index (κ3) is 2.45. The quantitative estimate of drug-likeness (QED) is 0.691. The van der Waals surface area contributed by atoms with Crippen molar-refractivity contribution in [1.82, 2.24) is 15.5 Å². The number of aromatic nitrogens is 2. The summed E-state index contributed by atoms with van der Waals surface area (Å²) in [5.74, 6) is -0.279. The number of aromatic amines is 1. The van der Waals surface area contributed by atoms with Gasteiger partial charge in [-0.2, -0.15) is 5.10 Å². The number of fused-ring (bicyclic) bond motifs is 1. The molecule has 7 heteroatoms. The lowest BCUT2D eigenvalue weighted by atomic mass is 10.2. The number of benzene rings is 2. The predicted octanol–water partition coefficient (Wildman–Crippen LogP) is 2.34. The fourth-order valence-electron chi connectivity index (χ4n) is 2.77. The molecule has 7 nitrogen and oxygen atoms in total. The molecule has 3 N–H and O–H groups in total. The molecule has 24 heavy (non-hydrogen) atoms. The van der Waals surface area contributed by atoms with Gasteiger partial charge in [-0.15, -0.1) is 0 Å². The highest BCUT2D eigenvalue weighted by atomic mass is 16.2. The number of urea groups is 1. The number of nitrogens with zero attached hydrogens (tertiary/aromatic N) is 2. The van der Waals surface area contributed by atoms with Gasteiger partial charge in [0.2, 0.25) is 0 Å². The highest BCUT2D eigenvalue weighted by molar-refractivity contribution is 6.11. The van der Waals surface area contributed by atoms with Crippen molar-refractivity contribution < 1.29 is 9.59 Å². The zero-order valence-corrected chi connectivity index (χ0v) is 12.7. The van der Waals surface area contributed by atoms with Gasteiger partial charge in [-0.05, 0) is 30.3 Å². The van der Waals surface area contributed by atoms with Crippen molar-refractivity contribution in [3.8, 4) is 0 Å². The Hall–Kier alpha value is -3.35. The van der Waals surface area contributed by atoms with Gasteiger partial charge in [0.25, 0.3) is 5.91 Å². The molecule has 2 heterocycles. The first-order chi connectivity index (χ1) is 11.7. The van der Waals surface area contributed by atoms with Gasteiger partial charge < -0.3 is 10.6 Å². The van der Waals surface area contributed by atoms with Crippen molar-refractivity contribution in [2.75, 3.05) is 23.3 Å². The smallest absolute Gasteiger partial charge is 0.321 e. The number of rotatable bonds is 3. The Morgan fingerprint density at radius 1 is 1.12 bits per heavy atom. The minimum Gasteiger partial charge on any atom is -0.336 e. The maximum atomic E-state index is 12.4. The Morgan fingerprint density at radius 3 is 2.67 bits per heavy atom. The van der Waals surface area contributed by atoms with Gasteiger partial charge in [0, 0.05) is 29.9 Å². The zero-order chi connectivity index (χ0) is 16.5. The number of hydrogen-bond donors (Lipinski definition) is 3. The third-order valence-corrected chi connectivity index (χ3v) is 3.98. The molecule has 4 rings (SSSR count). The van der Waals surface area contributed by atoms with Crippen LogP contribution >= 0.6 is 0 Å². The van der Waals surface area contributed by atoms with E-state index in [4.69, 9.17) is 0 Å². The number of carbonyl (C=O) groups excluding carboxylic acids is 2. The fourth-order valence-corrected chi connectivity index (χ4v) is 2.77. The molecule has 120 valence electrons. The number of para-hydroxylation sites is 1. The van der Waals surface area contributed by atoms with Gasteiger partial charge >= 0.3 is 6.03 Å². The van der Waals surface area contributed by atoms with Crippen LogP contribution < -0.4 is 15.5 Å². The molecule has 0 unspecified atom stereocenters. The molecule has 2 aromatic carbocycles. The molecule has 3 aromatic rings. The van der Waals surface area contributed by atoms with E-state index in [0.29, 0.717) is 24.5 Å². The molecule has 1 aliphatic heterocycles. The van der Waals surface area contributed by atoms with E-state index in [-0.39, 0.29) is 11.9 Å². The Labute approximate surface area is 137 Å². The second-order valence-electron chi connectivity index (χ2n) is 5.50. The molecule has 0 aliphatic carbocycles. The zero-order valence-electron chi connectivity index (χ0n) is 12.7. The lowest BCUT2D eigenvalue weighted by Gasteiger charge is -2.14. The first-order valence-corrected chi connectivity index (χ1v) is 7.62. The van der Waals surface area contributed by atoms with Crippen LogP contribution in [-0.2, 0) is 0 Å². The summed E-state index contributed by atoms with van der Waals surface area (Å²) in [6.45, 7) is 1.29. The van der Waals surface area contributed by atoms with Crippen LogP contribution in [0, 0.1) is 0 Å². The van der Waals surface area contributed by atoms with Gasteiger partial charge in [-0.3, -0.25) is 14.8 Å². The second-order valence-corrected chi connectivity index (χ2v) is 5.50. The van der Waals surface area contributed by atoms with Crippen LogP contribution in [0.5, 0.6) is 0 Å². The summed E-state index contributed by atoms with van der Waals surface area (Å²) in [6, 6.07) is 14.5. The van der Waals surface area contributed by atoms with E-state index < -0.39 is 0 Å². The molecule has 0 saturated carbocycles. The summed E-state index contributed by atoms with van der Waals surface area (Å²) in [4.78, 5) is 25.7. The molecule has 1 aromatic heterocycles. The van der Waals surface area contributed by atoms with E-state index in [2.05, 4.69) is 20.8 Å². The SMILES string of the molecule is O=C(Nc1ccc(N2CCNC2=O)cc1)c1n[nH]c2ccccc12. The topological polar surface area (TPSA) is 90.1 Å². The van der Waals surface area contributed by atoms with Crippen molar-refractivity contribution in [3.63, 3.8) is 0 Å². The van der Waals surface area contributed by atoms with Gasteiger partial charge in [0.1, 0.15) is 0 Å². The Kier molecular flexibility index (Phi) is 3.38. The van der Waals surface area contributed by atoms with E-state index in [1.54, 1.807) is 17.0 Å². The summed E-state index contributed by atoms with van der Waals surface area (Å²) in [7, 11) is 0. The number of anilines is 2. The third-order valence-electron chi connectivity index (χ3n) is 3.98. The summed E-state index contributed by atoms with van der Waals surface area (Å²) in [5.41, 5.74) is 2.62. The lowest BCUT2D eigenvalue weighted by molar-refractivity contribution is 0.102. The Morgan fingerprint density at radius 2 is 1.92 bits per heavy atom. The van der Waals surface area contributed by atoms with Crippen molar-refractivity contribution in [1.29, 1.82) is 0 Å². The van der Waals surface area contributed by atoms with Gasteiger partial charge in [-0.1, -0.05) is 18.2 Å². The van der Waals surface area contributed by atoms with E-state index in [0.717, 1.165) is 16.6 Å². The van der Waals surface area contributed by atoms with Crippen LogP contribution in [0.1, 0.15) is 10.5 Å². The first kappa shape index (κ1) is 14.3. The average Bonchev–Trinajstić information content (AvgIpc) is 3.22. The van der Waals surface area contributed by atoms with Crippen LogP contribution in [0.2, 0.25) is 0 Å². The molecule has 1 fully saturated rings. The van der Waals surface area contributed by atoms with E-state index in [1.807, 2.05) is 36.4 Å². The molecule has 1 saturated heterocycles. The van der Waals surface area contributed by atoms with Gasteiger partial charge in [0.05, 0.1) is 5.52 Å². The maximum Gasteiger partial charge on any atom is 0.321 e. The minimum atomic E-state index is -0.279. The van der Waals surface area contributed by atoms with Crippen molar-refractivity contribution in [2.24, 2.45) is 0 Å². The molecule has 3 amide bonds. The molecule has 1 aliphatic rings. The first-order valence-electron chi connectivity index (χ1n) is 7.62. The summed E-state index contributed by atoms with van der Waals surface area (Å²) < 4.78 is 0. The van der Waals surface area contributed by atoms with Crippen LogP contribution in [-0.4, -0.2) is 35.2 Å². The maximum absolute atomic E-state index is 12.4. The van der Waals surface area contributed by atoms with Crippen molar-refractivity contribution >= 4 is 34.2 Å². The number of amides is 3. The van der Waals surface area contributed by atoms with Crippen LogP contribution in [0.4, 0.5) is 16.2 Å². The predicted molar refractivity (Wildman–Crippen MR) is 91.2 cm³/mol. The standard InChI is InChI=1S/C17H15N5O2/c23-16(15-13-3-1-2-4-14(13)20-21-15)19-11-5-7-12(8-6-11)22-10-9-18-17(22)24/h1-8H,9-10H2,(H,18,24)(H,19,23)(H,20,21). The highest BCUT2D eigenvalue weighted by Gasteiger charge is 2.21. The van der Waals surface area contributed by atoms with E-state index in [9.17, 15) is 9.59 Å². The lowest BCUT2D eigenvalue weighted by Crippen LogP contribution is -2.27. The fraction of sp³-hybridized carbons (Fsp3) is 0.118. The van der Waals surface area contributed by atoms with Crippen molar-refractivity contribution in [2.45, 2.75) is 0 Å². The van der Waals surface area contributed by atoms with E-state index in [1.165, 1.54) is 0 Å². The number of hydrogen-bond acceptors (Lipinski definition) is 3. The molecule has 0 radical (unpaired) electrons. The number of carbonyl (C=O) groups is 2. The van der Waals surface area contributed by atoms with E-state index >= 15 is 0 Å². The monoisotopic (exact) mass is 321 g/mol. The van der Waals surface area contributed by atoms with Gasteiger partial charge in [0.15, 0.2) is 5.69 Å². The average molecular weight is 321 g/mol. The summed E-state index contributed by atoms with van der Waals surface area (Å²) in [5, 5.41) is 13.3. The molecule has 0 spiro atoms. The van der Waals surface area contributed by atoms with Gasteiger partial charge in [-0.25, -0.2) is 4.79 Å².